The largest absolute Gasteiger partial charge is 0.492 e. The smallest absolute Gasteiger partial charge is 0.304 e. The van der Waals surface area contributed by atoms with E-state index in [4.69, 9.17) is 21.4 Å². The highest BCUT2D eigenvalue weighted by molar-refractivity contribution is 6.31. The summed E-state index contributed by atoms with van der Waals surface area (Å²) >= 11 is 6.52. The Kier molecular flexibility index (Phi) is 5.47. The lowest BCUT2D eigenvalue weighted by atomic mass is 9.74. The van der Waals surface area contributed by atoms with Gasteiger partial charge >= 0.3 is 5.97 Å². The summed E-state index contributed by atoms with van der Waals surface area (Å²) in [6.45, 7) is 5.45. The van der Waals surface area contributed by atoms with Gasteiger partial charge in [-0.25, -0.2) is 0 Å². The Bertz CT molecular complexity index is 996. The fraction of sp³-hybridized carbons (Fsp3) is 0.500. The minimum atomic E-state index is -0.719. The van der Waals surface area contributed by atoms with E-state index in [-0.39, 0.29) is 11.8 Å². The van der Waals surface area contributed by atoms with Crippen LogP contribution in [0.15, 0.2) is 36.4 Å². The van der Waals surface area contributed by atoms with Crippen LogP contribution in [-0.4, -0.2) is 42.2 Å². The van der Waals surface area contributed by atoms with E-state index in [0.29, 0.717) is 18.4 Å². The van der Waals surface area contributed by atoms with Crippen LogP contribution < -0.4 is 4.74 Å². The summed E-state index contributed by atoms with van der Waals surface area (Å²) in [4.78, 5) is 13.1. The summed E-state index contributed by atoms with van der Waals surface area (Å²) in [6.07, 6.45) is 4.46. The van der Waals surface area contributed by atoms with Gasteiger partial charge < -0.3 is 14.7 Å². The summed E-state index contributed by atoms with van der Waals surface area (Å²) in [7, 11) is 0. The van der Waals surface area contributed by atoms with Crippen molar-refractivity contribution < 1.29 is 14.6 Å². The van der Waals surface area contributed by atoms with Crippen LogP contribution in [0.2, 0.25) is 5.02 Å². The second kappa shape index (κ2) is 8.14. The second-order valence-corrected chi connectivity index (χ2v) is 9.88. The van der Waals surface area contributed by atoms with Gasteiger partial charge in [-0.3, -0.25) is 4.79 Å². The predicted octanol–water partition coefficient (Wildman–Crippen LogP) is 5.37. The fourth-order valence-corrected chi connectivity index (χ4v) is 5.75. The Morgan fingerprint density at radius 3 is 2.74 bits per heavy atom. The number of carboxylic acids is 1. The van der Waals surface area contributed by atoms with Gasteiger partial charge in [0.1, 0.15) is 5.75 Å². The van der Waals surface area contributed by atoms with E-state index in [9.17, 15) is 4.79 Å². The Morgan fingerprint density at radius 1 is 1.19 bits per heavy atom. The third kappa shape index (κ3) is 3.96. The molecule has 2 unspecified atom stereocenters. The van der Waals surface area contributed by atoms with Gasteiger partial charge in [-0.1, -0.05) is 42.8 Å². The zero-order chi connectivity index (χ0) is 21.6. The van der Waals surface area contributed by atoms with Crippen molar-refractivity contribution in [1.82, 2.24) is 4.90 Å². The molecule has 4 nitrogen and oxygen atoms in total. The molecule has 1 N–H and O–H groups in total. The number of ether oxygens (including phenoxy) is 1. The van der Waals surface area contributed by atoms with Crippen molar-refractivity contribution in [2.24, 2.45) is 0 Å². The molecule has 1 saturated carbocycles. The molecule has 0 bridgehead atoms. The third-order valence-electron chi connectivity index (χ3n) is 7.62. The number of benzene rings is 2. The lowest BCUT2D eigenvalue weighted by molar-refractivity contribution is -0.137. The van der Waals surface area contributed by atoms with Crippen molar-refractivity contribution in [3.05, 3.63) is 63.7 Å². The zero-order valence-electron chi connectivity index (χ0n) is 18.1. The minimum Gasteiger partial charge on any atom is -0.492 e. The zero-order valence-corrected chi connectivity index (χ0v) is 18.8. The van der Waals surface area contributed by atoms with E-state index in [0.717, 1.165) is 56.2 Å². The number of aliphatic carboxylic acids is 1. The van der Waals surface area contributed by atoms with Crippen LogP contribution in [-0.2, 0) is 16.6 Å². The quantitative estimate of drug-likeness (QED) is 0.657. The van der Waals surface area contributed by atoms with Gasteiger partial charge in [0.15, 0.2) is 0 Å². The van der Waals surface area contributed by atoms with Gasteiger partial charge in [-0.05, 0) is 79.4 Å². The molecule has 5 heteroatoms. The molecule has 164 valence electrons. The highest BCUT2D eigenvalue weighted by Crippen LogP contribution is 2.57. The maximum atomic E-state index is 10.9. The molecule has 2 heterocycles. The first kappa shape index (κ1) is 20.8. The fourth-order valence-electron chi connectivity index (χ4n) is 5.50. The molecule has 0 aromatic heterocycles. The molecular weight excluding hydrogens is 410 g/mol. The molecule has 5 rings (SSSR count). The lowest BCUT2D eigenvalue weighted by Gasteiger charge is -2.38. The predicted molar refractivity (Wildman–Crippen MR) is 122 cm³/mol. The van der Waals surface area contributed by atoms with E-state index in [1.807, 2.05) is 6.07 Å². The van der Waals surface area contributed by atoms with Crippen LogP contribution in [0.25, 0.3) is 0 Å². The molecule has 2 fully saturated rings. The molecule has 2 atom stereocenters. The summed E-state index contributed by atoms with van der Waals surface area (Å²) in [5, 5.41) is 9.82. The number of fused-ring (bicyclic) bond motifs is 2. The van der Waals surface area contributed by atoms with Crippen LogP contribution >= 0.6 is 11.6 Å². The van der Waals surface area contributed by atoms with Crippen molar-refractivity contribution in [1.29, 1.82) is 0 Å². The number of hydrogen-bond donors (Lipinski definition) is 1. The average molecular weight is 440 g/mol. The second-order valence-electron chi connectivity index (χ2n) is 9.47. The van der Waals surface area contributed by atoms with Crippen LogP contribution in [0.1, 0.15) is 66.7 Å². The maximum absolute atomic E-state index is 10.9. The molecule has 2 aliphatic heterocycles. The molecule has 0 amide bonds. The number of nitrogens with zero attached hydrogens (tertiary/aromatic N) is 1. The first-order chi connectivity index (χ1) is 15.0. The molecule has 1 spiro atoms. The van der Waals surface area contributed by atoms with Crippen molar-refractivity contribution in [2.75, 3.05) is 26.2 Å². The highest BCUT2D eigenvalue weighted by atomic mass is 35.5. The number of carboxylic acid groups (broad SMARTS) is 1. The summed E-state index contributed by atoms with van der Waals surface area (Å²) in [5.41, 5.74) is 5.43. The summed E-state index contributed by atoms with van der Waals surface area (Å²) < 4.78 is 6.21. The molecule has 0 radical (unpaired) electrons. The third-order valence-corrected chi connectivity index (χ3v) is 7.97. The van der Waals surface area contributed by atoms with Gasteiger partial charge in [0.25, 0.3) is 0 Å². The van der Waals surface area contributed by atoms with Gasteiger partial charge in [0.2, 0.25) is 0 Å². The number of aryl methyl sites for hydroxylation is 1. The number of rotatable bonds is 6. The van der Waals surface area contributed by atoms with E-state index < -0.39 is 5.97 Å². The standard InChI is InChI=1S/C26H30ClNO3/c1-2-17-3-6-23(27)21(13-17)20-15-19(20)18-4-5-22-24(14-18)31-16-26(22)8-11-28(12-9-26)10-7-25(29)30/h3-6,13-14,19-20H,2,7-12,15-16H2,1H3,(H,29,30). The molecule has 3 aliphatic rings. The van der Waals surface area contributed by atoms with Crippen LogP contribution in [0.4, 0.5) is 0 Å². The molecule has 1 aliphatic carbocycles. The summed E-state index contributed by atoms with van der Waals surface area (Å²) in [5.74, 6) is 1.36. The first-order valence-corrected chi connectivity index (χ1v) is 11.9. The molecule has 1 saturated heterocycles. The van der Waals surface area contributed by atoms with E-state index >= 15 is 0 Å². The van der Waals surface area contributed by atoms with Crippen LogP contribution in [0, 0.1) is 0 Å². The van der Waals surface area contributed by atoms with E-state index in [1.165, 1.54) is 22.3 Å². The van der Waals surface area contributed by atoms with Gasteiger partial charge in [0, 0.05) is 22.5 Å². The number of piperidine rings is 1. The van der Waals surface area contributed by atoms with E-state index in [1.54, 1.807) is 0 Å². The number of hydrogen-bond acceptors (Lipinski definition) is 3. The van der Waals surface area contributed by atoms with Crippen molar-refractivity contribution in [3.63, 3.8) is 0 Å². The van der Waals surface area contributed by atoms with Crippen molar-refractivity contribution in [2.45, 2.75) is 56.3 Å². The van der Waals surface area contributed by atoms with Gasteiger partial charge in [-0.2, -0.15) is 0 Å². The van der Waals surface area contributed by atoms with Crippen LogP contribution in [0.5, 0.6) is 5.75 Å². The lowest BCUT2D eigenvalue weighted by Crippen LogP contribution is -2.44. The minimum absolute atomic E-state index is 0.0926. The Hall–Kier alpha value is -2.04. The highest BCUT2D eigenvalue weighted by Gasteiger charge is 2.45. The SMILES string of the molecule is CCc1ccc(Cl)c(C2CC2c2ccc3c(c2)OCC32CCN(CCC(=O)O)CC2)c1. The number of carbonyl (C=O) groups is 1. The monoisotopic (exact) mass is 439 g/mol. The summed E-state index contributed by atoms with van der Waals surface area (Å²) in [6, 6.07) is 13.3. The number of halogens is 1. The van der Waals surface area contributed by atoms with Crippen molar-refractivity contribution >= 4 is 17.6 Å². The average Bonchev–Trinajstić information content (AvgIpc) is 3.51. The van der Waals surface area contributed by atoms with Crippen molar-refractivity contribution in [3.8, 4) is 5.75 Å². The first-order valence-electron chi connectivity index (χ1n) is 11.5. The Balaban J connectivity index is 1.28. The Labute approximate surface area is 189 Å². The topological polar surface area (TPSA) is 49.8 Å². The molecule has 2 aromatic rings. The van der Waals surface area contributed by atoms with Gasteiger partial charge in [-0.15, -0.1) is 0 Å². The number of likely N-dealkylation sites (tertiary alicyclic amines) is 1. The normalized spacial score (nSPS) is 24.1. The van der Waals surface area contributed by atoms with Crippen LogP contribution in [0.3, 0.4) is 0 Å². The molecular formula is C26H30ClNO3. The molecule has 31 heavy (non-hydrogen) atoms. The Morgan fingerprint density at radius 2 is 2.00 bits per heavy atom. The van der Waals surface area contributed by atoms with Gasteiger partial charge in [0.05, 0.1) is 13.0 Å². The van der Waals surface area contributed by atoms with E-state index in [2.05, 4.69) is 42.2 Å². The molecule has 2 aromatic carbocycles. The maximum Gasteiger partial charge on any atom is 0.304 e.